The second kappa shape index (κ2) is 5.93. The molecule has 0 saturated heterocycles. The summed E-state index contributed by atoms with van der Waals surface area (Å²) in [7, 11) is 1.64. The number of benzene rings is 2. The fourth-order valence-electron chi connectivity index (χ4n) is 1.86. The number of methoxy groups -OCH3 is 1. The molecular weight excluding hydrogens is 265 g/mol. The molecule has 0 amide bonds. The smallest absolute Gasteiger partial charge is 0.128 e. The SMILES string of the molecule is COc1ccc(NCc2cc(Cl)ccc2F)cc1C. The molecule has 0 bridgehead atoms. The van der Waals surface area contributed by atoms with Gasteiger partial charge in [0, 0.05) is 22.8 Å². The average molecular weight is 280 g/mol. The van der Waals surface area contributed by atoms with Crippen LogP contribution in [0.15, 0.2) is 36.4 Å². The van der Waals surface area contributed by atoms with Crippen LogP contribution in [-0.4, -0.2) is 7.11 Å². The van der Waals surface area contributed by atoms with Gasteiger partial charge in [0.25, 0.3) is 0 Å². The fraction of sp³-hybridized carbons (Fsp3) is 0.200. The van der Waals surface area contributed by atoms with E-state index < -0.39 is 0 Å². The first-order valence-electron chi connectivity index (χ1n) is 5.92. The molecule has 100 valence electrons. The minimum absolute atomic E-state index is 0.262. The van der Waals surface area contributed by atoms with Crippen LogP contribution in [0.1, 0.15) is 11.1 Å². The molecule has 0 aromatic heterocycles. The third-order valence-corrected chi connectivity index (χ3v) is 3.12. The van der Waals surface area contributed by atoms with Gasteiger partial charge in [0.05, 0.1) is 7.11 Å². The summed E-state index contributed by atoms with van der Waals surface area (Å²) in [4.78, 5) is 0. The van der Waals surface area contributed by atoms with Gasteiger partial charge in [-0.2, -0.15) is 0 Å². The summed E-state index contributed by atoms with van der Waals surface area (Å²) in [6, 6.07) is 10.3. The third-order valence-electron chi connectivity index (χ3n) is 2.89. The van der Waals surface area contributed by atoms with Crippen LogP contribution >= 0.6 is 11.6 Å². The van der Waals surface area contributed by atoms with E-state index in [9.17, 15) is 4.39 Å². The Hall–Kier alpha value is -1.74. The number of halogens is 2. The maximum atomic E-state index is 13.6. The highest BCUT2D eigenvalue weighted by molar-refractivity contribution is 6.30. The molecule has 2 aromatic carbocycles. The first kappa shape index (κ1) is 13.7. The molecule has 0 aliphatic carbocycles. The van der Waals surface area contributed by atoms with Crippen molar-refractivity contribution in [1.82, 2.24) is 0 Å². The average Bonchev–Trinajstić information content (AvgIpc) is 2.40. The van der Waals surface area contributed by atoms with E-state index in [-0.39, 0.29) is 5.82 Å². The third kappa shape index (κ3) is 3.38. The second-order valence-corrected chi connectivity index (χ2v) is 4.71. The predicted molar refractivity (Wildman–Crippen MR) is 76.5 cm³/mol. The molecule has 2 rings (SSSR count). The number of nitrogens with one attached hydrogen (secondary N) is 1. The van der Waals surface area contributed by atoms with E-state index in [4.69, 9.17) is 16.3 Å². The summed E-state index contributed by atoms with van der Waals surface area (Å²) < 4.78 is 18.7. The summed E-state index contributed by atoms with van der Waals surface area (Å²) in [5, 5.41) is 3.70. The number of aryl methyl sites for hydroxylation is 1. The lowest BCUT2D eigenvalue weighted by Crippen LogP contribution is -2.02. The van der Waals surface area contributed by atoms with E-state index >= 15 is 0 Å². The lowest BCUT2D eigenvalue weighted by Gasteiger charge is -2.10. The van der Waals surface area contributed by atoms with Crippen LogP contribution in [-0.2, 0) is 6.54 Å². The van der Waals surface area contributed by atoms with E-state index in [0.29, 0.717) is 17.1 Å². The van der Waals surface area contributed by atoms with Crippen molar-refractivity contribution in [3.63, 3.8) is 0 Å². The van der Waals surface area contributed by atoms with Crippen LogP contribution in [0.25, 0.3) is 0 Å². The standard InChI is InChI=1S/C15H15ClFNO/c1-10-7-13(4-6-15(10)19-2)18-9-11-8-12(16)3-5-14(11)17/h3-8,18H,9H2,1-2H3. The van der Waals surface area contributed by atoms with E-state index in [1.165, 1.54) is 12.1 Å². The highest BCUT2D eigenvalue weighted by Crippen LogP contribution is 2.22. The van der Waals surface area contributed by atoms with Crippen molar-refractivity contribution in [3.8, 4) is 5.75 Å². The molecule has 1 N–H and O–H groups in total. The first-order chi connectivity index (χ1) is 9.10. The van der Waals surface area contributed by atoms with Gasteiger partial charge in [-0.3, -0.25) is 0 Å². The zero-order valence-corrected chi connectivity index (χ0v) is 11.6. The van der Waals surface area contributed by atoms with Crippen molar-refractivity contribution < 1.29 is 9.13 Å². The number of rotatable bonds is 4. The summed E-state index contributed by atoms with van der Waals surface area (Å²) in [6.45, 7) is 2.35. The minimum atomic E-state index is -0.262. The zero-order valence-electron chi connectivity index (χ0n) is 10.8. The molecule has 0 aliphatic heterocycles. The molecule has 0 heterocycles. The topological polar surface area (TPSA) is 21.3 Å². The Bertz CT molecular complexity index is 586. The molecule has 4 heteroatoms. The Kier molecular flexibility index (Phi) is 4.27. The van der Waals surface area contributed by atoms with Gasteiger partial charge in [-0.25, -0.2) is 4.39 Å². The summed E-state index contributed by atoms with van der Waals surface area (Å²) in [5.41, 5.74) is 2.48. The van der Waals surface area contributed by atoms with Crippen molar-refractivity contribution in [3.05, 3.63) is 58.4 Å². The highest BCUT2D eigenvalue weighted by atomic mass is 35.5. The highest BCUT2D eigenvalue weighted by Gasteiger charge is 2.04. The first-order valence-corrected chi connectivity index (χ1v) is 6.30. The van der Waals surface area contributed by atoms with Crippen molar-refractivity contribution in [1.29, 1.82) is 0 Å². The molecule has 2 aromatic rings. The number of anilines is 1. The van der Waals surface area contributed by atoms with E-state index in [2.05, 4.69) is 5.32 Å². The van der Waals surface area contributed by atoms with Crippen LogP contribution in [0, 0.1) is 12.7 Å². The molecule has 0 atom stereocenters. The van der Waals surface area contributed by atoms with E-state index in [1.54, 1.807) is 13.2 Å². The van der Waals surface area contributed by atoms with Gasteiger partial charge >= 0.3 is 0 Å². The zero-order chi connectivity index (χ0) is 13.8. The van der Waals surface area contributed by atoms with Gasteiger partial charge in [-0.1, -0.05) is 11.6 Å². The minimum Gasteiger partial charge on any atom is -0.496 e. The summed E-state index contributed by atoms with van der Waals surface area (Å²) >= 11 is 5.85. The lowest BCUT2D eigenvalue weighted by atomic mass is 10.1. The number of ether oxygens (including phenoxy) is 1. The number of hydrogen-bond donors (Lipinski definition) is 1. The van der Waals surface area contributed by atoms with Gasteiger partial charge in [-0.05, 0) is 48.9 Å². The van der Waals surface area contributed by atoms with Crippen LogP contribution in [0.3, 0.4) is 0 Å². The molecule has 0 aliphatic rings. The molecular formula is C15H15ClFNO. The van der Waals surface area contributed by atoms with Gasteiger partial charge in [0.2, 0.25) is 0 Å². The van der Waals surface area contributed by atoms with E-state index in [1.807, 2.05) is 25.1 Å². The molecule has 0 radical (unpaired) electrons. The van der Waals surface area contributed by atoms with Crippen LogP contribution in [0.2, 0.25) is 5.02 Å². The van der Waals surface area contributed by atoms with Crippen LogP contribution in [0.5, 0.6) is 5.75 Å². The maximum absolute atomic E-state index is 13.6. The molecule has 0 unspecified atom stereocenters. The summed E-state index contributed by atoms with van der Waals surface area (Å²) in [5.74, 6) is 0.571. The fourth-order valence-corrected chi connectivity index (χ4v) is 2.06. The second-order valence-electron chi connectivity index (χ2n) is 4.27. The Labute approximate surface area is 117 Å². The van der Waals surface area contributed by atoms with Gasteiger partial charge in [-0.15, -0.1) is 0 Å². The lowest BCUT2D eigenvalue weighted by molar-refractivity contribution is 0.412. The monoisotopic (exact) mass is 279 g/mol. The van der Waals surface area contributed by atoms with Gasteiger partial charge in [0.15, 0.2) is 0 Å². The Morgan fingerprint density at radius 1 is 1.21 bits per heavy atom. The van der Waals surface area contributed by atoms with Crippen molar-refractivity contribution in [2.24, 2.45) is 0 Å². The van der Waals surface area contributed by atoms with E-state index in [0.717, 1.165) is 17.0 Å². The Morgan fingerprint density at radius 3 is 2.68 bits per heavy atom. The molecule has 2 nitrogen and oxygen atoms in total. The van der Waals surface area contributed by atoms with Gasteiger partial charge < -0.3 is 10.1 Å². The Balaban J connectivity index is 2.10. The normalized spacial score (nSPS) is 10.3. The summed E-state index contributed by atoms with van der Waals surface area (Å²) in [6.07, 6.45) is 0. The van der Waals surface area contributed by atoms with Crippen LogP contribution < -0.4 is 10.1 Å². The van der Waals surface area contributed by atoms with Crippen molar-refractivity contribution in [2.75, 3.05) is 12.4 Å². The maximum Gasteiger partial charge on any atom is 0.128 e. The molecule has 19 heavy (non-hydrogen) atoms. The molecule has 0 fully saturated rings. The predicted octanol–water partition coefficient (Wildman–Crippen LogP) is 4.41. The van der Waals surface area contributed by atoms with Gasteiger partial charge in [0.1, 0.15) is 11.6 Å². The van der Waals surface area contributed by atoms with Crippen molar-refractivity contribution >= 4 is 17.3 Å². The van der Waals surface area contributed by atoms with Crippen molar-refractivity contribution in [2.45, 2.75) is 13.5 Å². The molecule has 0 saturated carbocycles. The molecule has 0 spiro atoms. The Morgan fingerprint density at radius 2 is 2.00 bits per heavy atom. The number of hydrogen-bond acceptors (Lipinski definition) is 2. The quantitative estimate of drug-likeness (QED) is 0.895. The largest absolute Gasteiger partial charge is 0.496 e. The van der Waals surface area contributed by atoms with Crippen LogP contribution in [0.4, 0.5) is 10.1 Å².